The fourth-order valence-corrected chi connectivity index (χ4v) is 3.48. The van der Waals surface area contributed by atoms with Crippen LogP contribution in [0.15, 0.2) is 24.7 Å². The van der Waals surface area contributed by atoms with E-state index in [0.717, 1.165) is 30.2 Å². The van der Waals surface area contributed by atoms with Gasteiger partial charge in [-0.25, -0.2) is 19.7 Å². The van der Waals surface area contributed by atoms with E-state index in [1.165, 1.54) is 12.3 Å². The van der Waals surface area contributed by atoms with Crippen molar-refractivity contribution in [2.45, 2.75) is 19.0 Å². The number of carboxylic acid groups (broad SMARTS) is 1. The average Bonchev–Trinajstić information content (AvgIpc) is 3.02. The third-order valence-electron chi connectivity index (χ3n) is 5.08. The molecular weight excluding hydrogens is 450 g/mol. The lowest BCUT2D eigenvalue weighted by molar-refractivity contribution is -0.192. The summed E-state index contributed by atoms with van der Waals surface area (Å²) in [6.07, 6.45) is -0.826. The second-order valence-electron chi connectivity index (χ2n) is 7.18. The number of carbonyl (C=O) groups is 2. The van der Waals surface area contributed by atoms with Crippen molar-refractivity contribution in [3.05, 3.63) is 47.4 Å². The number of alkyl halides is 3. The molecule has 33 heavy (non-hydrogen) atoms. The monoisotopic (exact) mass is 471 g/mol. The standard InChI is InChI=1S/C18H20FN5O2.C2HF3O2/c19-16-11-13(1-4-20-16)18(25)24-5-2-14-15(3-6-24)21-12-22-17(14)23-7-9-26-10-8-23;3-2(4,5)1(6)7/h1,4,11-12H,2-3,5-10H2;(H,6,7). The van der Waals surface area contributed by atoms with E-state index in [9.17, 15) is 22.4 Å². The topological polar surface area (TPSA) is 109 Å². The van der Waals surface area contributed by atoms with E-state index < -0.39 is 18.1 Å². The third-order valence-corrected chi connectivity index (χ3v) is 5.08. The van der Waals surface area contributed by atoms with E-state index in [1.807, 2.05) is 0 Å². The van der Waals surface area contributed by atoms with Gasteiger partial charge in [-0.3, -0.25) is 4.79 Å². The van der Waals surface area contributed by atoms with Crippen molar-refractivity contribution in [2.24, 2.45) is 0 Å². The molecule has 4 rings (SSSR count). The van der Waals surface area contributed by atoms with Crippen LogP contribution in [0.25, 0.3) is 0 Å². The zero-order valence-electron chi connectivity index (χ0n) is 17.4. The lowest BCUT2D eigenvalue weighted by atomic mass is 10.1. The molecule has 2 aliphatic heterocycles. The fraction of sp³-hybridized carbons (Fsp3) is 0.450. The number of nitrogens with zero attached hydrogens (tertiary/aromatic N) is 5. The smallest absolute Gasteiger partial charge is 0.475 e. The molecule has 1 amide bonds. The van der Waals surface area contributed by atoms with Crippen LogP contribution in [-0.4, -0.2) is 82.4 Å². The Kier molecular flexibility index (Phi) is 7.74. The minimum atomic E-state index is -5.08. The predicted molar refractivity (Wildman–Crippen MR) is 106 cm³/mol. The summed E-state index contributed by atoms with van der Waals surface area (Å²) in [5, 5.41) is 7.12. The van der Waals surface area contributed by atoms with Gasteiger partial charge in [-0.05, 0) is 12.5 Å². The highest BCUT2D eigenvalue weighted by Gasteiger charge is 2.38. The van der Waals surface area contributed by atoms with Crippen molar-refractivity contribution in [3.63, 3.8) is 0 Å². The lowest BCUT2D eigenvalue weighted by Crippen LogP contribution is -2.37. The second kappa shape index (κ2) is 10.5. The largest absolute Gasteiger partial charge is 0.490 e. The Labute approximate surface area is 186 Å². The SMILES string of the molecule is O=C(O)C(F)(F)F.O=C(c1ccnc(F)c1)N1CCc2ncnc(N3CCOCC3)c2CC1. The van der Waals surface area contributed by atoms with E-state index in [-0.39, 0.29) is 5.91 Å². The number of morpholine rings is 1. The highest BCUT2D eigenvalue weighted by Crippen LogP contribution is 2.25. The molecule has 178 valence electrons. The quantitative estimate of drug-likeness (QED) is 0.521. The Morgan fingerprint density at radius 3 is 2.33 bits per heavy atom. The molecule has 0 spiro atoms. The molecule has 0 aliphatic carbocycles. The summed E-state index contributed by atoms with van der Waals surface area (Å²) in [7, 11) is 0. The van der Waals surface area contributed by atoms with Crippen LogP contribution in [0.2, 0.25) is 0 Å². The van der Waals surface area contributed by atoms with Crippen LogP contribution < -0.4 is 4.90 Å². The number of carboxylic acids is 1. The number of halogens is 4. The van der Waals surface area contributed by atoms with Gasteiger partial charge in [0.05, 0.1) is 18.9 Å². The lowest BCUT2D eigenvalue weighted by Gasteiger charge is -2.29. The normalized spacial score (nSPS) is 16.2. The Bertz CT molecular complexity index is 999. The van der Waals surface area contributed by atoms with Crippen LogP contribution >= 0.6 is 0 Å². The molecule has 2 aromatic rings. The van der Waals surface area contributed by atoms with Gasteiger partial charge < -0.3 is 19.6 Å². The van der Waals surface area contributed by atoms with Crippen LogP contribution in [0.1, 0.15) is 21.6 Å². The maximum absolute atomic E-state index is 13.3. The van der Waals surface area contributed by atoms with Gasteiger partial charge >= 0.3 is 12.1 Å². The molecule has 0 aromatic carbocycles. The Morgan fingerprint density at radius 1 is 1.03 bits per heavy atom. The third kappa shape index (κ3) is 6.34. The van der Waals surface area contributed by atoms with Gasteiger partial charge in [0.1, 0.15) is 12.1 Å². The van der Waals surface area contributed by atoms with E-state index in [1.54, 1.807) is 17.3 Å². The molecule has 0 atom stereocenters. The van der Waals surface area contributed by atoms with Crippen molar-refractivity contribution < 1.29 is 37.0 Å². The van der Waals surface area contributed by atoms with Gasteiger partial charge in [0.15, 0.2) is 0 Å². The number of amides is 1. The van der Waals surface area contributed by atoms with E-state index in [4.69, 9.17) is 14.6 Å². The fourth-order valence-electron chi connectivity index (χ4n) is 3.48. The molecule has 2 aliphatic rings. The molecule has 2 aromatic heterocycles. The first-order chi connectivity index (χ1) is 15.7. The number of aromatic nitrogens is 3. The van der Waals surface area contributed by atoms with Gasteiger partial charge in [-0.1, -0.05) is 0 Å². The van der Waals surface area contributed by atoms with E-state index >= 15 is 0 Å². The van der Waals surface area contributed by atoms with Crippen LogP contribution in [0, 0.1) is 5.95 Å². The summed E-state index contributed by atoms with van der Waals surface area (Å²) in [6, 6.07) is 2.72. The van der Waals surface area contributed by atoms with Crippen molar-refractivity contribution in [3.8, 4) is 0 Å². The maximum atomic E-state index is 13.3. The molecule has 0 radical (unpaired) electrons. The number of anilines is 1. The Morgan fingerprint density at radius 2 is 1.70 bits per heavy atom. The molecule has 0 bridgehead atoms. The van der Waals surface area contributed by atoms with E-state index in [0.29, 0.717) is 44.7 Å². The first-order valence-corrected chi connectivity index (χ1v) is 10.0. The van der Waals surface area contributed by atoms with Gasteiger partial charge in [-0.2, -0.15) is 17.6 Å². The van der Waals surface area contributed by atoms with Gasteiger partial charge in [-0.15, -0.1) is 0 Å². The van der Waals surface area contributed by atoms with Crippen molar-refractivity contribution in [1.82, 2.24) is 19.9 Å². The minimum absolute atomic E-state index is 0.181. The number of fused-ring (bicyclic) bond motifs is 1. The molecular formula is C20H21F4N5O4. The highest BCUT2D eigenvalue weighted by atomic mass is 19.4. The number of rotatable bonds is 2. The summed E-state index contributed by atoms with van der Waals surface area (Å²) < 4.78 is 50.5. The van der Waals surface area contributed by atoms with Crippen molar-refractivity contribution >= 4 is 17.7 Å². The number of hydrogen-bond donors (Lipinski definition) is 1. The summed E-state index contributed by atoms with van der Waals surface area (Å²) in [6.45, 7) is 4.11. The first kappa shape index (κ1) is 24.3. The molecule has 0 saturated carbocycles. The summed E-state index contributed by atoms with van der Waals surface area (Å²) in [5.41, 5.74) is 2.41. The minimum Gasteiger partial charge on any atom is -0.475 e. The van der Waals surface area contributed by atoms with Crippen LogP contribution in [0.3, 0.4) is 0 Å². The zero-order chi connectivity index (χ0) is 24.0. The average molecular weight is 471 g/mol. The molecule has 1 fully saturated rings. The van der Waals surface area contributed by atoms with Gasteiger partial charge in [0.25, 0.3) is 5.91 Å². The first-order valence-electron chi connectivity index (χ1n) is 10.0. The van der Waals surface area contributed by atoms with E-state index in [2.05, 4.69) is 19.9 Å². The highest BCUT2D eigenvalue weighted by molar-refractivity contribution is 5.94. The Balaban J connectivity index is 0.000000383. The van der Waals surface area contributed by atoms with Crippen LogP contribution in [0.5, 0.6) is 0 Å². The van der Waals surface area contributed by atoms with Crippen molar-refractivity contribution in [2.75, 3.05) is 44.3 Å². The second-order valence-corrected chi connectivity index (χ2v) is 7.18. The zero-order valence-corrected chi connectivity index (χ0v) is 17.4. The molecule has 4 heterocycles. The maximum Gasteiger partial charge on any atom is 0.490 e. The molecule has 13 heteroatoms. The van der Waals surface area contributed by atoms with Crippen LogP contribution in [0.4, 0.5) is 23.4 Å². The summed E-state index contributed by atoms with van der Waals surface area (Å²) in [5.74, 6) is -2.63. The Hall–Kier alpha value is -3.35. The summed E-state index contributed by atoms with van der Waals surface area (Å²) >= 11 is 0. The van der Waals surface area contributed by atoms with Gasteiger partial charge in [0.2, 0.25) is 5.95 Å². The number of hydrogen-bond acceptors (Lipinski definition) is 7. The molecule has 9 nitrogen and oxygen atoms in total. The number of aliphatic carboxylic acids is 1. The summed E-state index contributed by atoms with van der Waals surface area (Å²) in [4.78, 5) is 38.0. The number of ether oxygens (including phenoxy) is 1. The molecule has 1 saturated heterocycles. The molecule has 0 unspecified atom stereocenters. The molecule has 1 N–H and O–H groups in total. The predicted octanol–water partition coefficient (Wildman–Crippen LogP) is 1.72. The van der Waals surface area contributed by atoms with Crippen LogP contribution in [-0.2, 0) is 22.4 Å². The van der Waals surface area contributed by atoms with Crippen molar-refractivity contribution in [1.29, 1.82) is 0 Å². The number of carbonyl (C=O) groups excluding carboxylic acids is 1. The van der Waals surface area contributed by atoms with Gasteiger partial charge in [0, 0.05) is 56.0 Å². The number of pyridine rings is 1.